The Morgan fingerprint density at radius 3 is 1.74 bits per heavy atom. The minimum absolute atomic E-state index is 0.242. The number of carbonyl (C=O) groups excluding carboxylic acids is 2. The number of aliphatic carboxylic acids is 1. The predicted octanol–water partition coefficient (Wildman–Crippen LogP) is -0.212. The van der Waals surface area contributed by atoms with Crippen LogP contribution in [-0.2, 0) is 42.8 Å². The zero-order chi connectivity index (χ0) is 40.2. The smallest absolute Gasteiger partial charge is 0.332 e. The van der Waals surface area contributed by atoms with E-state index in [0.717, 1.165) is 64.7 Å². The van der Waals surface area contributed by atoms with Gasteiger partial charge in [0, 0.05) is 6.92 Å². The van der Waals surface area contributed by atoms with Crippen molar-refractivity contribution in [2.45, 2.75) is 190 Å². The fourth-order valence-electron chi connectivity index (χ4n) is 6.27. The van der Waals surface area contributed by atoms with Crippen LogP contribution in [0.15, 0.2) is 0 Å². The Morgan fingerprint density at radius 2 is 1.17 bits per heavy atom. The Bertz CT molecular complexity index is 1060. The highest BCUT2D eigenvalue weighted by Crippen LogP contribution is 2.30. The standard InChI is InChI=1S/C36H64O18/c1-3-14-22(38)17-27(41)50-19-25-28(42)29(43)31(45)36(52-25)54-33-26(20-49-21(2)37)53-35(32(46)30(33)44)51-18-23(39)15-12-10-8-6-4-5-7-9-11-13-16-24(40)34(47)48/h22-26,28-33,35-36,38-40,42-46H,3-20H2,1-2H3,(H,47,48). The lowest BCUT2D eigenvalue weighted by Crippen LogP contribution is -2.65. The lowest BCUT2D eigenvalue weighted by molar-refractivity contribution is -0.360. The molecule has 0 radical (unpaired) electrons. The first-order valence-corrected chi connectivity index (χ1v) is 19.2. The van der Waals surface area contributed by atoms with Crippen LogP contribution >= 0.6 is 0 Å². The predicted molar refractivity (Wildman–Crippen MR) is 186 cm³/mol. The normalized spacial score (nSPS) is 30.3. The number of unbranched alkanes of at least 4 members (excludes halogenated alkanes) is 9. The average molecular weight is 785 g/mol. The van der Waals surface area contributed by atoms with Crippen LogP contribution in [0.1, 0.15) is 110 Å². The molecule has 2 heterocycles. The van der Waals surface area contributed by atoms with E-state index < -0.39 is 111 Å². The lowest BCUT2D eigenvalue weighted by atomic mass is 9.97. The van der Waals surface area contributed by atoms with Gasteiger partial charge in [-0.15, -0.1) is 0 Å². The molecule has 0 spiro atoms. The van der Waals surface area contributed by atoms with Crippen molar-refractivity contribution in [2.75, 3.05) is 19.8 Å². The molecular formula is C36H64O18. The number of hydrogen-bond acceptors (Lipinski definition) is 17. The van der Waals surface area contributed by atoms with E-state index in [2.05, 4.69) is 0 Å². The highest BCUT2D eigenvalue weighted by Gasteiger charge is 2.51. The van der Waals surface area contributed by atoms with Crippen LogP contribution in [0.25, 0.3) is 0 Å². The van der Waals surface area contributed by atoms with Crippen molar-refractivity contribution < 1.29 is 88.8 Å². The molecule has 18 heteroatoms. The zero-order valence-electron chi connectivity index (χ0n) is 31.4. The number of carboxylic acid groups (broad SMARTS) is 1. The molecule has 0 amide bonds. The summed E-state index contributed by atoms with van der Waals surface area (Å²) in [6.45, 7) is 1.67. The van der Waals surface area contributed by atoms with Crippen molar-refractivity contribution in [2.24, 2.45) is 0 Å². The van der Waals surface area contributed by atoms with Crippen LogP contribution in [0.2, 0.25) is 0 Å². The molecule has 9 N–H and O–H groups in total. The number of ether oxygens (including phenoxy) is 6. The van der Waals surface area contributed by atoms with E-state index in [1.807, 2.05) is 6.92 Å². The van der Waals surface area contributed by atoms with Crippen molar-refractivity contribution in [3.63, 3.8) is 0 Å². The number of hydrogen-bond donors (Lipinski definition) is 9. The molecule has 0 aromatic carbocycles. The molecule has 13 atom stereocenters. The third kappa shape index (κ3) is 17.4. The van der Waals surface area contributed by atoms with E-state index in [1.165, 1.54) is 0 Å². The second kappa shape index (κ2) is 26.0. The average Bonchev–Trinajstić information content (AvgIpc) is 3.12. The lowest BCUT2D eigenvalue weighted by Gasteiger charge is -2.46. The van der Waals surface area contributed by atoms with Gasteiger partial charge in [-0.2, -0.15) is 0 Å². The summed E-state index contributed by atoms with van der Waals surface area (Å²) in [6.07, 6.45) is -8.72. The second-order valence-corrected chi connectivity index (χ2v) is 14.2. The number of rotatable bonds is 27. The Kier molecular flexibility index (Phi) is 23.1. The first kappa shape index (κ1) is 48.1. The van der Waals surface area contributed by atoms with Gasteiger partial charge in [-0.3, -0.25) is 9.59 Å². The molecule has 54 heavy (non-hydrogen) atoms. The molecule has 2 saturated heterocycles. The number of carbonyl (C=O) groups is 3. The Morgan fingerprint density at radius 1 is 0.630 bits per heavy atom. The van der Waals surface area contributed by atoms with Gasteiger partial charge in [0.15, 0.2) is 18.7 Å². The van der Waals surface area contributed by atoms with Crippen molar-refractivity contribution in [1.82, 2.24) is 0 Å². The monoisotopic (exact) mass is 784 g/mol. The number of esters is 2. The van der Waals surface area contributed by atoms with Gasteiger partial charge >= 0.3 is 17.9 Å². The van der Waals surface area contributed by atoms with Gasteiger partial charge in [0.2, 0.25) is 0 Å². The summed E-state index contributed by atoms with van der Waals surface area (Å²) in [5.74, 6) is -2.67. The molecule has 316 valence electrons. The van der Waals surface area contributed by atoms with Gasteiger partial charge < -0.3 is 74.4 Å². The number of carboxylic acids is 1. The Balaban J connectivity index is 1.81. The summed E-state index contributed by atoms with van der Waals surface area (Å²) in [4.78, 5) is 34.4. The second-order valence-electron chi connectivity index (χ2n) is 14.2. The first-order valence-electron chi connectivity index (χ1n) is 19.2. The van der Waals surface area contributed by atoms with Gasteiger partial charge in [0.1, 0.15) is 62.0 Å². The maximum absolute atomic E-state index is 12.1. The number of aliphatic hydroxyl groups is 8. The SMILES string of the molecule is CCCC(O)CC(=O)OCC1OC(OC2C(COC(C)=O)OC(OCC(O)CCCCCCCCCCCCC(O)C(=O)O)C(O)C2O)C(O)C(O)C1O. The summed E-state index contributed by atoms with van der Waals surface area (Å²) in [7, 11) is 0. The zero-order valence-corrected chi connectivity index (χ0v) is 31.4. The van der Waals surface area contributed by atoms with Crippen LogP contribution in [0, 0.1) is 0 Å². The minimum atomic E-state index is -1.87. The molecule has 2 fully saturated rings. The van der Waals surface area contributed by atoms with Crippen LogP contribution in [0.5, 0.6) is 0 Å². The third-order valence-electron chi connectivity index (χ3n) is 9.49. The first-order chi connectivity index (χ1) is 25.7. The maximum Gasteiger partial charge on any atom is 0.332 e. The summed E-state index contributed by atoms with van der Waals surface area (Å²) in [5.41, 5.74) is 0. The van der Waals surface area contributed by atoms with Gasteiger partial charge in [-0.25, -0.2) is 4.79 Å². The van der Waals surface area contributed by atoms with Gasteiger partial charge in [-0.05, 0) is 19.3 Å². The molecule has 2 rings (SSSR count). The van der Waals surface area contributed by atoms with E-state index in [0.29, 0.717) is 25.7 Å². The molecule has 13 unspecified atom stereocenters. The van der Waals surface area contributed by atoms with Crippen LogP contribution in [-0.4, -0.2) is 163 Å². The molecule has 0 aliphatic carbocycles. The van der Waals surface area contributed by atoms with Crippen molar-refractivity contribution in [1.29, 1.82) is 0 Å². The topological polar surface area (TPSA) is 289 Å². The minimum Gasteiger partial charge on any atom is -0.479 e. The third-order valence-corrected chi connectivity index (χ3v) is 9.49. The van der Waals surface area contributed by atoms with E-state index in [1.54, 1.807) is 0 Å². The van der Waals surface area contributed by atoms with Gasteiger partial charge in [-0.1, -0.05) is 77.6 Å². The molecule has 0 bridgehead atoms. The fraction of sp³-hybridized carbons (Fsp3) is 0.917. The van der Waals surface area contributed by atoms with Crippen molar-refractivity contribution >= 4 is 17.9 Å². The fourth-order valence-corrected chi connectivity index (χ4v) is 6.27. The Labute approximate surface area is 316 Å². The quantitative estimate of drug-likeness (QED) is 0.0385. The maximum atomic E-state index is 12.1. The molecule has 2 aliphatic rings. The highest BCUT2D eigenvalue weighted by molar-refractivity contribution is 5.71. The van der Waals surface area contributed by atoms with Crippen molar-refractivity contribution in [3.8, 4) is 0 Å². The van der Waals surface area contributed by atoms with Gasteiger partial charge in [0.05, 0.1) is 25.2 Å². The molecule has 2 aliphatic heterocycles. The summed E-state index contributed by atoms with van der Waals surface area (Å²) >= 11 is 0. The van der Waals surface area contributed by atoms with Crippen LogP contribution in [0.3, 0.4) is 0 Å². The van der Waals surface area contributed by atoms with Crippen molar-refractivity contribution in [3.05, 3.63) is 0 Å². The van der Waals surface area contributed by atoms with E-state index in [-0.39, 0.29) is 19.4 Å². The molecule has 0 aromatic heterocycles. The summed E-state index contributed by atoms with van der Waals surface area (Å²) in [6, 6.07) is 0. The van der Waals surface area contributed by atoms with E-state index >= 15 is 0 Å². The molecule has 18 nitrogen and oxygen atoms in total. The molecule has 0 aromatic rings. The highest BCUT2D eigenvalue weighted by atomic mass is 16.7. The van der Waals surface area contributed by atoms with E-state index in [4.69, 9.17) is 33.5 Å². The summed E-state index contributed by atoms with van der Waals surface area (Å²) < 4.78 is 32.9. The van der Waals surface area contributed by atoms with Crippen LogP contribution in [0.4, 0.5) is 0 Å². The Hall–Kier alpha value is -2.07. The molecular weight excluding hydrogens is 720 g/mol. The van der Waals surface area contributed by atoms with Crippen LogP contribution < -0.4 is 0 Å². The number of aliphatic hydroxyl groups excluding tert-OH is 8. The molecule has 0 saturated carbocycles. The largest absolute Gasteiger partial charge is 0.479 e. The summed E-state index contributed by atoms with van der Waals surface area (Å²) in [5, 5.41) is 91.8. The van der Waals surface area contributed by atoms with E-state index in [9.17, 15) is 55.2 Å². The van der Waals surface area contributed by atoms with Gasteiger partial charge in [0.25, 0.3) is 0 Å².